The Kier molecular flexibility index (Phi) is 4.75. The number of hydrogen-bond donors (Lipinski definition) is 1. The first-order valence-corrected chi connectivity index (χ1v) is 11.0. The molecule has 2 fully saturated rings. The highest BCUT2D eigenvalue weighted by molar-refractivity contribution is 7.20. The van der Waals surface area contributed by atoms with Crippen molar-refractivity contribution >= 4 is 21.4 Å². The zero-order valence-corrected chi connectivity index (χ0v) is 17.5. The van der Waals surface area contributed by atoms with Gasteiger partial charge in [-0.05, 0) is 43.4 Å². The van der Waals surface area contributed by atoms with Gasteiger partial charge in [-0.25, -0.2) is 4.98 Å². The molecule has 1 saturated heterocycles. The van der Waals surface area contributed by atoms with Gasteiger partial charge in [-0.3, -0.25) is 9.69 Å². The van der Waals surface area contributed by atoms with E-state index in [-0.39, 0.29) is 17.6 Å². The lowest BCUT2D eigenvalue weighted by atomic mass is 9.99. The van der Waals surface area contributed by atoms with Crippen LogP contribution in [0.2, 0.25) is 0 Å². The Morgan fingerprint density at radius 2 is 2.14 bits per heavy atom. The van der Waals surface area contributed by atoms with Gasteiger partial charge in [0.25, 0.3) is 5.56 Å². The first-order valence-electron chi connectivity index (χ1n) is 10.2. The monoisotopic (exact) mass is 411 g/mol. The Morgan fingerprint density at radius 3 is 2.90 bits per heavy atom. The highest BCUT2D eigenvalue weighted by Gasteiger charge is 2.43. The van der Waals surface area contributed by atoms with Gasteiger partial charge in [0.2, 0.25) is 10.1 Å². The topological polar surface area (TPSA) is 71.8 Å². The highest BCUT2D eigenvalue weighted by Crippen LogP contribution is 2.42. The van der Waals surface area contributed by atoms with Crippen LogP contribution < -0.4 is 15.6 Å². The van der Waals surface area contributed by atoms with Gasteiger partial charge in [0.05, 0.1) is 13.2 Å². The zero-order valence-electron chi connectivity index (χ0n) is 16.7. The van der Waals surface area contributed by atoms with Crippen LogP contribution >= 0.6 is 11.3 Å². The second-order valence-electron chi connectivity index (χ2n) is 7.77. The van der Waals surface area contributed by atoms with Crippen molar-refractivity contribution in [3.63, 3.8) is 0 Å². The molecule has 2 aromatic heterocycles. The quantitative estimate of drug-likeness (QED) is 0.672. The molecule has 1 N–H and O–H groups in total. The Balaban J connectivity index is 1.46. The second-order valence-corrected chi connectivity index (χ2v) is 8.73. The van der Waals surface area contributed by atoms with Crippen molar-refractivity contribution in [1.29, 1.82) is 0 Å². The molecule has 152 valence electrons. The molecule has 2 aliphatic rings. The molecule has 0 amide bonds. The molecular weight excluding hydrogens is 386 g/mol. The smallest absolute Gasteiger partial charge is 0.275 e. The lowest BCUT2D eigenvalue weighted by Gasteiger charge is -2.29. The van der Waals surface area contributed by atoms with Crippen molar-refractivity contribution in [3.8, 4) is 5.75 Å². The van der Waals surface area contributed by atoms with E-state index in [4.69, 9.17) is 4.74 Å². The first-order chi connectivity index (χ1) is 14.2. The van der Waals surface area contributed by atoms with Gasteiger partial charge in [0.1, 0.15) is 5.75 Å². The molecule has 1 aromatic carbocycles. The number of fused-ring (bicyclic) bond motifs is 1. The maximum Gasteiger partial charge on any atom is 0.275 e. The second kappa shape index (κ2) is 7.42. The number of likely N-dealkylation sites (tertiary alicyclic amines) is 1. The van der Waals surface area contributed by atoms with Crippen LogP contribution in [0.1, 0.15) is 43.5 Å². The van der Waals surface area contributed by atoms with Crippen molar-refractivity contribution in [2.75, 3.05) is 19.0 Å². The van der Waals surface area contributed by atoms with Crippen LogP contribution in [0.5, 0.6) is 5.75 Å². The average molecular weight is 412 g/mol. The Labute approximate surface area is 173 Å². The van der Waals surface area contributed by atoms with Crippen LogP contribution in [0, 0.1) is 0 Å². The fraction of sp³-hybridized carbons (Fsp3) is 0.476. The predicted octanol–water partition coefficient (Wildman–Crippen LogP) is 3.11. The zero-order chi connectivity index (χ0) is 20.0. The molecule has 0 spiro atoms. The largest absolute Gasteiger partial charge is 0.497 e. The summed E-state index contributed by atoms with van der Waals surface area (Å²) in [6.07, 6.45) is 4.32. The molecule has 1 saturated carbocycles. The van der Waals surface area contributed by atoms with Crippen molar-refractivity contribution in [3.05, 3.63) is 51.9 Å². The van der Waals surface area contributed by atoms with E-state index < -0.39 is 0 Å². The van der Waals surface area contributed by atoms with Crippen molar-refractivity contribution < 1.29 is 4.74 Å². The minimum atomic E-state index is -0.119. The van der Waals surface area contributed by atoms with E-state index in [1.807, 2.05) is 13.0 Å². The summed E-state index contributed by atoms with van der Waals surface area (Å²) >= 11 is 1.44. The number of ether oxygens (including phenoxy) is 1. The van der Waals surface area contributed by atoms with Crippen molar-refractivity contribution in [2.24, 2.45) is 0 Å². The maximum atomic E-state index is 12.3. The lowest BCUT2D eigenvalue weighted by Crippen LogP contribution is -2.32. The summed E-state index contributed by atoms with van der Waals surface area (Å²) in [7, 11) is 1.71. The summed E-state index contributed by atoms with van der Waals surface area (Å²) < 4.78 is 6.86. The van der Waals surface area contributed by atoms with Gasteiger partial charge >= 0.3 is 0 Å². The molecule has 2 unspecified atom stereocenters. The average Bonchev–Trinajstić information content (AvgIpc) is 3.37. The fourth-order valence-electron chi connectivity index (χ4n) is 4.29. The standard InChI is InChI=1S/C21H25N5O2S/c1-3-14-12-18(27)26-21(22-14)29-20(24-26)23-17-9-10-25(15-7-8-15)19(17)13-5-4-6-16(11-13)28-2/h4-6,11-12,15,17,19H,3,7-10H2,1-2H3,(H,23,24). The number of anilines is 1. The molecule has 1 aliphatic carbocycles. The molecule has 2 atom stereocenters. The highest BCUT2D eigenvalue weighted by atomic mass is 32.1. The molecule has 5 rings (SSSR count). The summed E-state index contributed by atoms with van der Waals surface area (Å²) in [5, 5.41) is 8.87. The Morgan fingerprint density at radius 1 is 1.28 bits per heavy atom. The molecule has 3 heterocycles. The van der Waals surface area contributed by atoms with Crippen LogP contribution in [0.25, 0.3) is 4.96 Å². The third kappa shape index (κ3) is 3.51. The van der Waals surface area contributed by atoms with Gasteiger partial charge < -0.3 is 10.1 Å². The van der Waals surface area contributed by atoms with Gasteiger partial charge in [-0.1, -0.05) is 30.4 Å². The van der Waals surface area contributed by atoms with Crippen LogP contribution in [-0.4, -0.2) is 45.2 Å². The van der Waals surface area contributed by atoms with Gasteiger partial charge in [0, 0.05) is 30.4 Å². The normalized spacial score (nSPS) is 22.3. The number of aromatic nitrogens is 3. The molecule has 29 heavy (non-hydrogen) atoms. The molecule has 0 bridgehead atoms. The van der Waals surface area contributed by atoms with Crippen LogP contribution in [-0.2, 0) is 6.42 Å². The minimum absolute atomic E-state index is 0.119. The van der Waals surface area contributed by atoms with E-state index >= 15 is 0 Å². The van der Waals surface area contributed by atoms with Gasteiger partial charge in [0.15, 0.2) is 0 Å². The van der Waals surface area contributed by atoms with Crippen LogP contribution in [0.3, 0.4) is 0 Å². The van der Waals surface area contributed by atoms with E-state index in [0.717, 1.165) is 36.0 Å². The van der Waals surface area contributed by atoms with Crippen LogP contribution in [0.15, 0.2) is 35.1 Å². The molecular formula is C21H25N5O2S. The van der Waals surface area contributed by atoms with E-state index in [1.165, 1.54) is 34.3 Å². The van der Waals surface area contributed by atoms with E-state index in [2.05, 4.69) is 38.5 Å². The summed E-state index contributed by atoms with van der Waals surface area (Å²) in [5.41, 5.74) is 1.95. The number of hydrogen-bond acceptors (Lipinski definition) is 7. The number of methoxy groups -OCH3 is 1. The minimum Gasteiger partial charge on any atom is -0.497 e. The molecule has 8 heteroatoms. The summed E-state index contributed by atoms with van der Waals surface area (Å²) in [5.74, 6) is 0.881. The summed E-state index contributed by atoms with van der Waals surface area (Å²) in [6, 6.07) is 11.1. The van der Waals surface area contributed by atoms with Crippen LogP contribution in [0.4, 0.5) is 5.13 Å². The third-order valence-electron chi connectivity index (χ3n) is 5.86. The number of nitrogens with zero attached hydrogens (tertiary/aromatic N) is 4. The summed E-state index contributed by atoms with van der Waals surface area (Å²) in [6.45, 7) is 3.06. The number of nitrogens with one attached hydrogen (secondary N) is 1. The summed E-state index contributed by atoms with van der Waals surface area (Å²) in [4.78, 5) is 20.1. The van der Waals surface area contributed by atoms with E-state index in [1.54, 1.807) is 13.2 Å². The Bertz CT molecular complexity index is 1090. The fourth-order valence-corrected chi connectivity index (χ4v) is 5.17. The van der Waals surface area contributed by atoms with Gasteiger partial charge in [-0.2, -0.15) is 4.52 Å². The molecule has 7 nitrogen and oxygen atoms in total. The van der Waals surface area contributed by atoms with Crippen molar-refractivity contribution in [1.82, 2.24) is 19.5 Å². The van der Waals surface area contributed by atoms with Crippen molar-refractivity contribution in [2.45, 2.75) is 50.7 Å². The SMILES string of the molecule is CCc1cc(=O)n2nc(NC3CCN(C4CC4)C3c3cccc(OC)c3)sc2n1. The number of aryl methyl sites for hydroxylation is 1. The Hall–Kier alpha value is -2.45. The maximum absolute atomic E-state index is 12.3. The predicted molar refractivity (Wildman–Crippen MR) is 114 cm³/mol. The molecule has 0 radical (unpaired) electrons. The first kappa shape index (κ1) is 18.6. The number of benzene rings is 1. The molecule has 1 aliphatic heterocycles. The molecule has 3 aromatic rings. The lowest BCUT2D eigenvalue weighted by molar-refractivity contribution is 0.240. The van der Waals surface area contributed by atoms with E-state index in [9.17, 15) is 4.79 Å². The van der Waals surface area contributed by atoms with E-state index in [0.29, 0.717) is 11.0 Å². The third-order valence-corrected chi connectivity index (χ3v) is 6.70. The van der Waals surface area contributed by atoms with Gasteiger partial charge in [-0.15, -0.1) is 5.10 Å². The number of rotatable bonds is 6.